The first-order valence-electron chi connectivity index (χ1n) is 6.03. The van der Waals surface area contributed by atoms with Gasteiger partial charge in [0.15, 0.2) is 5.65 Å². The molecule has 3 rings (SSSR count). The molecule has 0 saturated carbocycles. The average Bonchev–Trinajstić information content (AvgIpc) is 2.75. The second-order valence-electron chi connectivity index (χ2n) is 4.72. The zero-order valence-corrected chi connectivity index (χ0v) is 10.2. The van der Waals surface area contributed by atoms with Gasteiger partial charge in [-0.05, 0) is 31.5 Å². The molecule has 5 nitrogen and oxygen atoms in total. The van der Waals surface area contributed by atoms with Crippen molar-refractivity contribution >= 4 is 11.5 Å². The van der Waals surface area contributed by atoms with E-state index in [0.29, 0.717) is 6.04 Å². The molecule has 2 aromatic heterocycles. The number of piperazine rings is 1. The van der Waals surface area contributed by atoms with Crippen molar-refractivity contribution in [3.63, 3.8) is 0 Å². The Morgan fingerprint density at radius 1 is 1.41 bits per heavy atom. The van der Waals surface area contributed by atoms with E-state index in [-0.39, 0.29) is 0 Å². The minimum absolute atomic E-state index is 0.517. The van der Waals surface area contributed by atoms with Gasteiger partial charge in [0.1, 0.15) is 12.1 Å². The first-order chi connectivity index (χ1) is 8.24. The summed E-state index contributed by atoms with van der Waals surface area (Å²) in [4.78, 5) is 6.63. The Labute approximate surface area is 100 Å². The summed E-state index contributed by atoms with van der Waals surface area (Å²) in [6.07, 6.45) is 1.61. The molecule has 1 aliphatic rings. The zero-order chi connectivity index (χ0) is 11.8. The molecular weight excluding hydrogens is 214 g/mol. The number of nitrogens with one attached hydrogen (secondary N) is 1. The van der Waals surface area contributed by atoms with Gasteiger partial charge in [-0.25, -0.2) is 4.98 Å². The summed E-state index contributed by atoms with van der Waals surface area (Å²) in [5.74, 6) is 1.14. The highest BCUT2D eigenvalue weighted by Crippen LogP contribution is 2.19. The molecular formula is C12H17N5. The molecule has 2 aromatic rings. The second kappa shape index (κ2) is 4.00. The summed E-state index contributed by atoms with van der Waals surface area (Å²) in [6.45, 7) is 7.36. The van der Waals surface area contributed by atoms with Crippen LogP contribution in [0, 0.1) is 6.92 Å². The van der Waals surface area contributed by atoms with E-state index >= 15 is 0 Å². The number of aryl methyl sites for hydroxylation is 1. The van der Waals surface area contributed by atoms with E-state index in [2.05, 4.69) is 46.3 Å². The maximum atomic E-state index is 4.30. The number of aromatic nitrogens is 3. The molecule has 90 valence electrons. The van der Waals surface area contributed by atoms with Crippen LogP contribution in [0.25, 0.3) is 5.65 Å². The fraction of sp³-hybridized carbons (Fsp3) is 0.500. The summed E-state index contributed by atoms with van der Waals surface area (Å²) < 4.78 is 1.92. The molecule has 0 spiro atoms. The Bertz CT molecular complexity index is 533. The Balaban J connectivity index is 2.06. The van der Waals surface area contributed by atoms with Crippen LogP contribution < -0.4 is 10.2 Å². The van der Waals surface area contributed by atoms with Gasteiger partial charge in [-0.3, -0.25) is 0 Å². The topological polar surface area (TPSA) is 45.5 Å². The first kappa shape index (κ1) is 10.5. The zero-order valence-electron chi connectivity index (χ0n) is 10.2. The van der Waals surface area contributed by atoms with Gasteiger partial charge in [-0.2, -0.15) is 9.61 Å². The Morgan fingerprint density at radius 3 is 3.12 bits per heavy atom. The minimum atomic E-state index is 0.517. The second-order valence-corrected chi connectivity index (χ2v) is 4.72. The number of anilines is 1. The molecule has 0 aliphatic carbocycles. The highest BCUT2D eigenvalue weighted by molar-refractivity contribution is 5.53. The summed E-state index contributed by atoms with van der Waals surface area (Å²) in [6, 6.07) is 4.75. The van der Waals surface area contributed by atoms with Gasteiger partial charge in [0.05, 0.1) is 0 Å². The van der Waals surface area contributed by atoms with Crippen molar-refractivity contribution in [2.75, 3.05) is 24.5 Å². The van der Waals surface area contributed by atoms with E-state index < -0.39 is 0 Å². The largest absolute Gasteiger partial charge is 0.354 e. The van der Waals surface area contributed by atoms with Crippen molar-refractivity contribution in [2.45, 2.75) is 19.9 Å². The van der Waals surface area contributed by atoms with Crippen LogP contribution in [0.2, 0.25) is 0 Å². The molecule has 1 N–H and O–H groups in total. The molecule has 5 heteroatoms. The van der Waals surface area contributed by atoms with E-state index in [1.54, 1.807) is 6.33 Å². The minimum Gasteiger partial charge on any atom is -0.354 e. The number of rotatable bonds is 1. The predicted molar refractivity (Wildman–Crippen MR) is 67.4 cm³/mol. The Kier molecular flexibility index (Phi) is 2.48. The van der Waals surface area contributed by atoms with E-state index in [9.17, 15) is 0 Å². The fourth-order valence-corrected chi connectivity index (χ4v) is 2.40. The van der Waals surface area contributed by atoms with Gasteiger partial charge in [-0.1, -0.05) is 0 Å². The van der Waals surface area contributed by atoms with Crippen molar-refractivity contribution in [2.24, 2.45) is 0 Å². The van der Waals surface area contributed by atoms with Gasteiger partial charge in [0.2, 0.25) is 0 Å². The van der Waals surface area contributed by atoms with Crippen molar-refractivity contribution in [3.05, 3.63) is 24.0 Å². The Hall–Kier alpha value is -1.62. The van der Waals surface area contributed by atoms with Crippen LogP contribution in [0.3, 0.4) is 0 Å². The van der Waals surface area contributed by atoms with E-state index in [4.69, 9.17) is 0 Å². The lowest BCUT2D eigenvalue weighted by molar-refractivity contribution is 0.480. The lowest BCUT2D eigenvalue weighted by Crippen LogP contribution is -2.49. The molecule has 1 aliphatic heterocycles. The number of hydrogen-bond donors (Lipinski definition) is 1. The van der Waals surface area contributed by atoms with Gasteiger partial charge >= 0.3 is 0 Å². The van der Waals surface area contributed by atoms with Crippen LogP contribution in [0.4, 0.5) is 5.82 Å². The smallest absolute Gasteiger partial charge is 0.157 e. The summed E-state index contributed by atoms with van der Waals surface area (Å²) >= 11 is 0. The van der Waals surface area contributed by atoms with Crippen LogP contribution in [0.15, 0.2) is 18.5 Å². The maximum absolute atomic E-state index is 4.30. The number of pyridine rings is 1. The number of fused-ring (bicyclic) bond motifs is 1. The predicted octanol–water partition coefficient (Wildman–Crippen LogP) is 0.836. The highest BCUT2D eigenvalue weighted by Gasteiger charge is 2.18. The lowest BCUT2D eigenvalue weighted by Gasteiger charge is -2.33. The third-order valence-corrected chi connectivity index (χ3v) is 3.20. The van der Waals surface area contributed by atoms with Gasteiger partial charge in [0, 0.05) is 25.7 Å². The number of hydrogen-bond acceptors (Lipinski definition) is 4. The van der Waals surface area contributed by atoms with Crippen LogP contribution in [-0.4, -0.2) is 40.3 Å². The third-order valence-electron chi connectivity index (χ3n) is 3.20. The van der Waals surface area contributed by atoms with Crippen LogP contribution in [-0.2, 0) is 0 Å². The normalized spacial score (nSPS) is 21.1. The molecule has 1 saturated heterocycles. The molecule has 0 amide bonds. The van der Waals surface area contributed by atoms with Crippen molar-refractivity contribution in [1.82, 2.24) is 19.9 Å². The van der Waals surface area contributed by atoms with Crippen LogP contribution >= 0.6 is 0 Å². The summed E-state index contributed by atoms with van der Waals surface area (Å²) in [5, 5.41) is 7.75. The molecule has 1 atom stereocenters. The summed E-state index contributed by atoms with van der Waals surface area (Å²) in [5.41, 5.74) is 2.15. The van der Waals surface area contributed by atoms with Crippen LogP contribution in [0.5, 0.6) is 0 Å². The van der Waals surface area contributed by atoms with Crippen molar-refractivity contribution in [1.29, 1.82) is 0 Å². The molecule has 1 fully saturated rings. The average molecular weight is 231 g/mol. The van der Waals surface area contributed by atoms with Gasteiger partial charge in [-0.15, -0.1) is 0 Å². The molecule has 0 radical (unpaired) electrons. The maximum Gasteiger partial charge on any atom is 0.157 e. The summed E-state index contributed by atoms with van der Waals surface area (Å²) in [7, 11) is 0. The molecule has 0 unspecified atom stereocenters. The van der Waals surface area contributed by atoms with E-state index in [0.717, 1.165) is 31.1 Å². The highest BCUT2D eigenvalue weighted by atomic mass is 15.4. The molecule has 0 bridgehead atoms. The van der Waals surface area contributed by atoms with Crippen LogP contribution in [0.1, 0.15) is 12.5 Å². The number of nitrogens with zero attached hydrogens (tertiary/aromatic N) is 4. The van der Waals surface area contributed by atoms with Gasteiger partial charge in [0.25, 0.3) is 0 Å². The fourth-order valence-electron chi connectivity index (χ4n) is 2.40. The Morgan fingerprint density at radius 2 is 2.29 bits per heavy atom. The van der Waals surface area contributed by atoms with E-state index in [1.165, 1.54) is 5.56 Å². The van der Waals surface area contributed by atoms with E-state index in [1.807, 2.05) is 4.52 Å². The third kappa shape index (κ3) is 1.86. The quantitative estimate of drug-likeness (QED) is 0.790. The molecule has 17 heavy (non-hydrogen) atoms. The van der Waals surface area contributed by atoms with Crippen molar-refractivity contribution < 1.29 is 0 Å². The standard InChI is InChI=1S/C12H17N5/c1-9-5-11-14-8-15-17(11)12(6-9)16-4-3-13-10(2)7-16/h5-6,8,10,13H,3-4,7H2,1-2H3/t10-/m1/s1. The SMILES string of the molecule is Cc1cc(N2CCN[C@H](C)C2)n2ncnc2c1. The monoisotopic (exact) mass is 231 g/mol. The first-order valence-corrected chi connectivity index (χ1v) is 6.03. The molecule has 0 aromatic carbocycles. The van der Waals surface area contributed by atoms with Crippen molar-refractivity contribution in [3.8, 4) is 0 Å². The molecule has 3 heterocycles. The van der Waals surface area contributed by atoms with Gasteiger partial charge < -0.3 is 10.2 Å². The lowest BCUT2D eigenvalue weighted by atomic mass is 10.2.